The average molecular weight is 347 g/mol. The Morgan fingerprint density at radius 1 is 1.22 bits per heavy atom. The van der Waals surface area contributed by atoms with Gasteiger partial charge in [-0.15, -0.1) is 0 Å². The number of thiazole rings is 1. The highest BCUT2D eigenvalue weighted by Gasteiger charge is 2.10. The summed E-state index contributed by atoms with van der Waals surface area (Å²) in [5.74, 6) is -0.141. The van der Waals surface area contributed by atoms with Gasteiger partial charge in [-0.2, -0.15) is 0 Å². The maximum absolute atomic E-state index is 12.2. The molecule has 0 saturated heterocycles. The summed E-state index contributed by atoms with van der Waals surface area (Å²) in [7, 11) is 0. The molecule has 1 amide bonds. The number of halogens is 1. The molecular formula is C17H15ClN2O2S. The smallest absolute Gasteiger partial charge is 0.308 e. The van der Waals surface area contributed by atoms with E-state index < -0.39 is 0 Å². The largest absolute Gasteiger partial charge is 0.326 e. The van der Waals surface area contributed by atoms with E-state index >= 15 is 0 Å². The van der Waals surface area contributed by atoms with Gasteiger partial charge in [0, 0.05) is 23.7 Å². The minimum absolute atomic E-state index is 0.0436. The van der Waals surface area contributed by atoms with Crippen molar-refractivity contribution in [2.24, 2.45) is 0 Å². The fourth-order valence-electron chi connectivity index (χ4n) is 2.39. The SMILES string of the molecule is Cc1c(Cl)cccc1NC(=O)CCn1c(=O)sc2ccccc21. The van der Waals surface area contributed by atoms with E-state index in [-0.39, 0.29) is 17.2 Å². The summed E-state index contributed by atoms with van der Waals surface area (Å²) in [6.07, 6.45) is 0.229. The molecule has 0 aliphatic carbocycles. The van der Waals surface area contributed by atoms with Gasteiger partial charge in [-0.25, -0.2) is 0 Å². The molecule has 0 unspecified atom stereocenters. The Bertz CT molecular complexity index is 930. The summed E-state index contributed by atoms with van der Waals surface area (Å²) in [4.78, 5) is 24.1. The summed E-state index contributed by atoms with van der Waals surface area (Å²) in [5, 5.41) is 3.46. The number of rotatable bonds is 4. The van der Waals surface area contributed by atoms with Crippen LogP contribution in [0.15, 0.2) is 47.3 Å². The second-order valence-corrected chi connectivity index (χ2v) is 6.60. The first-order valence-corrected chi connectivity index (χ1v) is 8.39. The highest BCUT2D eigenvalue weighted by Crippen LogP contribution is 2.23. The van der Waals surface area contributed by atoms with Crippen molar-refractivity contribution >= 4 is 44.7 Å². The molecule has 0 radical (unpaired) electrons. The van der Waals surface area contributed by atoms with E-state index in [0.717, 1.165) is 15.8 Å². The van der Waals surface area contributed by atoms with E-state index in [1.165, 1.54) is 11.3 Å². The van der Waals surface area contributed by atoms with Crippen molar-refractivity contribution in [3.63, 3.8) is 0 Å². The standard InChI is InChI=1S/C17H15ClN2O2S/c1-11-12(18)5-4-6-13(11)19-16(21)9-10-20-14-7-2-3-8-15(14)23-17(20)22/h2-8H,9-10H2,1H3,(H,19,21). The average Bonchev–Trinajstić information content (AvgIpc) is 2.85. The number of anilines is 1. The van der Waals surface area contributed by atoms with Crippen molar-refractivity contribution in [3.8, 4) is 0 Å². The Kier molecular flexibility index (Phi) is 4.50. The number of nitrogens with one attached hydrogen (secondary N) is 1. The number of carbonyl (C=O) groups is 1. The minimum Gasteiger partial charge on any atom is -0.326 e. The van der Waals surface area contributed by atoms with Crippen LogP contribution < -0.4 is 10.2 Å². The van der Waals surface area contributed by atoms with Crippen LogP contribution in [0.4, 0.5) is 5.69 Å². The van der Waals surface area contributed by atoms with Crippen LogP contribution in [0.5, 0.6) is 0 Å². The summed E-state index contributed by atoms with van der Waals surface area (Å²) < 4.78 is 2.58. The van der Waals surface area contributed by atoms with E-state index in [2.05, 4.69) is 5.32 Å². The number of aromatic nitrogens is 1. The first kappa shape index (κ1) is 15.8. The number of hydrogen-bond donors (Lipinski definition) is 1. The van der Waals surface area contributed by atoms with Crippen LogP contribution in [0.1, 0.15) is 12.0 Å². The fourth-order valence-corrected chi connectivity index (χ4v) is 3.49. The number of fused-ring (bicyclic) bond motifs is 1. The topological polar surface area (TPSA) is 51.1 Å². The number of hydrogen-bond acceptors (Lipinski definition) is 3. The molecule has 3 rings (SSSR count). The lowest BCUT2D eigenvalue weighted by Crippen LogP contribution is -2.19. The van der Waals surface area contributed by atoms with Crippen LogP contribution in [0.2, 0.25) is 5.02 Å². The second-order valence-electron chi connectivity index (χ2n) is 5.20. The van der Waals surface area contributed by atoms with Crippen LogP contribution in [-0.4, -0.2) is 10.5 Å². The zero-order valence-corrected chi connectivity index (χ0v) is 14.1. The molecule has 0 saturated carbocycles. The monoisotopic (exact) mass is 346 g/mol. The van der Waals surface area contributed by atoms with Gasteiger partial charge >= 0.3 is 4.87 Å². The van der Waals surface area contributed by atoms with Crippen LogP contribution in [-0.2, 0) is 11.3 Å². The molecule has 0 aliphatic rings. The molecule has 1 aromatic heterocycles. The molecule has 0 aliphatic heterocycles. The summed E-state index contributed by atoms with van der Waals surface area (Å²) in [6, 6.07) is 13.0. The summed E-state index contributed by atoms with van der Waals surface area (Å²) >= 11 is 7.24. The maximum atomic E-state index is 12.2. The molecule has 23 heavy (non-hydrogen) atoms. The van der Waals surface area contributed by atoms with Crippen molar-refractivity contribution in [3.05, 3.63) is 62.7 Å². The lowest BCUT2D eigenvalue weighted by atomic mass is 10.2. The third-order valence-electron chi connectivity index (χ3n) is 3.68. The minimum atomic E-state index is -0.141. The Morgan fingerprint density at radius 3 is 2.83 bits per heavy atom. The third kappa shape index (κ3) is 3.30. The van der Waals surface area contributed by atoms with Gasteiger partial charge in [-0.1, -0.05) is 41.1 Å². The van der Waals surface area contributed by atoms with Gasteiger partial charge in [0.15, 0.2) is 0 Å². The van der Waals surface area contributed by atoms with Gasteiger partial charge in [-0.05, 0) is 36.8 Å². The first-order chi connectivity index (χ1) is 11.1. The molecule has 118 valence electrons. The van der Waals surface area contributed by atoms with Crippen molar-refractivity contribution in [1.82, 2.24) is 4.57 Å². The van der Waals surface area contributed by atoms with Gasteiger partial charge in [0.2, 0.25) is 5.91 Å². The van der Waals surface area contributed by atoms with Crippen LogP contribution in [0.25, 0.3) is 10.2 Å². The molecule has 2 aromatic carbocycles. The van der Waals surface area contributed by atoms with Gasteiger partial charge in [-0.3, -0.25) is 14.2 Å². The number of nitrogens with zero attached hydrogens (tertiary/aromatic N) is 1. The van der Waals surface area contributed by atoms with Crippen molar-refractivity contribution in [1.29, 1.82) is 0 Å². The zero-order valence-electron chi connectivity index (χ0n) is 12.5. The number of amides is 1. The molecule has 0 bridgehead atoms. The van der Waals surface area contributed by atoms with Gasteiger partial charge in [0.05, 0.1) is 10.2 Å². The first-order valence-electron chi connectivity index (χ1n) is 7.19. The molecule has 6 heteroatoms. The number of para-hydroxylation sites is 1. The van der Waals surface area contributed by atoms with Crippen LogP contribution >= 0.6 is 22.9 Å². The van der Waals surface area contributed by atoms with Gasteiger partial charge in [0.25, 0.3) is 0 Å². The quantitative estimate of drug-likeness (QED) is 0.774. The predicted molar refractivity (Wildman–Crippen MR) is 95.5 cm³/mol. The van der Waals surface area contributed by atoms with Gasteiger partial charge in [0.1, 0.15) is 0 Å². The van der Waals surface area contributed by atoms with E-state index in [0.29, 0.717) is 17.3 Å². The normalized spacial score (nSPS) is 10.9. The van der Waals surface area contributed by atoms with Crippen molar-refractivity contribution < 1.29 is 4.79 Å². The zero-order chi connectivity index (χ0) is 16.4. The fraction of sp³-hybridized carbons (Fsp3) is 0.176. The molecule has 1 N–H and O–H groups in total. The van der Waals surface area contributed by atoms with Gasteiger partial charge < -0.3 is 5.32 Å². The maximum Gasteiger partial charge on any atom is 0.308 e. The number of carbonyl (C=O) groups excluding carboxylic acids is 1. The molecule has 1 heterocycles. The molecule has 0 atom stereocenters. The third-order valence-corrected chi connectivity index (χ3v) is 5.05. The molecule has 3 aromatic rings. The van der Waals surface area contributed by atoms with Crippen LogP contribution in [0, 0.1) is 6.92 Å². The van der Waals surface area contributed by atoms with E-state index in [9.17, 15) is 9.59 Å². The molecule has 4 nitrogen and oxygen atoms in total. The molecule has 0 spiro atoms. The number of aryl methyl sites for hydroxylation is 1. The lowest BCUT2D eigenvalue weighted by molar-refractivity contribution is -0.116. The Labute approximate surface area is 142 Å². The Hall–Kier alpha value is -2.11. The van der Waals surface area contributed by atoms with Crippen LogP contribution in [0.3, 0.4) is 0 Å². The highest BCUT2D eigenvalue weighted by atomic mass is 35.5. The Balaban J connectivity index is 1.72. The van der Waals surface area contributed by atoms with Crippen molar-refractivity contribution in [2.75, 3.05) is 5.32 Å². The summed E-state index contributed by atoms with van der Waals surface area (Å²) in [6.45, 7) is 2.21. The van der Waals surface area contributed by atoms with E-state index in [1.54, 1.807) is 16.7 Å². The second kappa shape index (κ2) is 6.56. The molecule has 0 fully saturated rings. The predicted octanol–water partition coefficient (Wildman–Crippen LogP) is 4.05. The molecular weight excluding hydrogens is 332 g/mol. The number of benzene rings is 2. The van der Waals surface area contributed by atoms with E-state index in [4.69, 9.17) is 11.6 Å². The van der Waals surface area contributed by atoms with E-state index in [1.807, 2.05) is 37.3 Å². The van der Waals surface area contributed by atoms with Crippen molar-refractivity contribution in [2.45, 2.75) is 19.9 Å². The summed E-state index contributed by atoms with van der Waals surface area (Å²) in [5.41, 5.74) is 2.40. The lowest BCUT2D eigenvalue weighted by Gasteiger charge is -2.10. The highest BCUT2D eigenvalue weighted by molar-refractivity contribution is 7.16. The Morgan fingerprint density at radius 2 is 2.00 bits per heavy atom.